The monoisotopic (exact) mass is 216 g/mol. The van der Waals surface area contributed by atoms with Crippen molar-refractivity contribution in [3.05, 3.63) is 23.8 Å². The van der Waals surface area contributed by atoms with Crippen LogP contribution in [0.3, 0.4) is 0 Å². The van der Waals surface area contributed by atoms with E-state index >= 15 is 0 Å². The third kappa shape index (κ3) is 3.53. The van der Waals surface area contributed by atoms with Crippen molar-refractivity contribution in [1.29, 1.82) is 0 Å². The summed E-state index contributed by atoms with van der Waals surface area (Å²) in [5.41, 5.74) is 0.531. The number of carbonyl (C=O) groups excluding carboxylic acids is 1. The van der Waals surface area contributed by atoms with Gasteiger partial charge in [0.15, 0.2) is 0 Å². The standard InChI is InChI=1S/C10H10F2O3/c11-10(12)15-8-4-3-7(2-1-5-13)9(14)6-8/h3-6,10,14H,1-2H2. The minimum absolute atomic E-state index is 0.0997. The van der Waals surface area contributed by atoms with Gasteiger partial charge in [0.25, 0.3) is 0 Å². The van der Waals surface area contributed by atoms with Gasteiger partial charge < -0.3 is 14.6 Å². The molecule has 0 unspecified atom stereocenters. The Kier molecular flexibility index (Phi) is 4.03. The number of phenolic OH excluding ortho intramolecular Hbond substituents is 1. The molecule has 15 heavy (non-hydrogen) atoms. The zero-order chi connectivity index (χ0) is 11.3. The minimum atomic E-state index is -2.91. The van der Waals surface area contributed by atoms with E-state index in [1.165, 1.54) is 12.1 Å². The number of aromatic hydroxyl groups is 1. The summed E-state index contributed by atoms with van der Waals surface area (Å²) in [6, 6.07) is 3.88. The number of phenols is 1. The number of carbonyl (C=O) groups is 1. The number of halogens is 2. The summed E-state index contributed by atoms with van der Waals surface area (Å²) in [6.45, 7) is -2.91. The summed E-state index contributed by atoms with van der Waals surface area (Å²) in [4.78, 5) is 10.1. The lowest BCUT2D eigenvalue weighted by Crippen LogP contribution is -2.01. The van der Waals surface area contributed by atoms with Crippen molar-refractivity contribution in [3.8, 4) is 11.5 Å². The smallest absolute Gasteiger partial charge is 0.387 e. The molecular weight excluding hydrogens is 206 g/mol. The van der Waals surface area contributed by atoms with Crippen molar-refractivity contribution in [3.63, 3.8) is 0 Å². The van der Waals surface area contributed by atoms with Gasteiger partial charge in [-0.2, -0.15) is 8.78 Å². The van der Waals surface area contributed by atoms with E-state index in [-0.39, 0.29) is 17.9 Å². The quantitative estimate of drug-likeness (QED) is 0.767. The molecule has 0 bridgehead atoms. The van der Waals surface area contributed by atoms with E-state index in [1.54, 1.807) is 0 Å². The van der Waals surface area contributed by atoms with Gasteiger partial charge in [-0.25, -0.2) is 0 Å². The molecule has 0 amide bonds. The number of hydrogen-bond acceptors (Lipinski definition) is 3. The van der Waals surface area contributed by atoms with Crippen molar-refractivity contribution in [1.82, 2.24) is 0 Å². The second-order valence-electron chi connectivity index (χ2n) is 2.87. The van der Waals surface area contributed by atoms with Gasteiger partial charge in [-0.05, 0) is 18.1 Å². The number of aryl methyl sites for hydroxylation is 1. The maximum atomic E-state index is 11.8. The molecule has 0 heterocycles. The van der Waals surface area contributed by atoms with Crippen LogP contribution < -0.4 is 4.74 Å². The minimum Gasteiger partial charge on any atom is -0.508 e. The summed E-state index contributed by atoms with van der Waals surface area (Å²) in [6.07, 6.45) is 1.38. The Balaban J connectivity index is 2.73. The van der Waals surface area contributed by atoms with Gasteiger partial charge in [0.2, 0.25) is 0 Å². The molecule has 0 spiro atoms. The molecule has 1 rings (SSSR count). The van der Waals surface area contributed by atoms with Crippen LogP contribution in [0, 0.1) is 0 Å². The topological polar surface area (TPSA) is 46.5 Å². The Morgan fingerprint density at radius 2 is 2.20 bits per heavy atom. The molecule has 1 N–H and O–H groups in total. The maximum Gasteiger partial charge on any atom is 0.387 e. The second kappa shape index (κ2) is 5.29. The highest BCUT2D eigenvalue weighted by molar-refractivity contribution is 5.51. The van der Waals surface area contributed by atoms with E-state index in [9.17, 15) is 18.7 Å². The third-order valence-corrected chi connectivity index (χ3v) is 1.81. The fourth-order valence-corrected chi connectivity index (χ4v) is 1.15. The van der Waals surface area contributed by atoms with Crippen LogP contribution in [0.5, 0.6) is 11.5 Å². The summed E-state index contributed by atoms with van der Waals surface area (Å²) in [7, 11) is 0. The lowest BCUT2D eigenvalue weighted by molar-refractivity contribution is -0.107. The highest BCUT2D eigenvalue weighted by atomic mass is 19.3. The number of alkyl halides is 2. The maximum absolute atomic E-state index is 11.8. The molecule has 1 aromatic carbocycles. The average molecular weight is 216 g/mol. The van der Waals surface area contributed by atoms with Gasteiger partial charge in [0.1, 0.15) is 17.8 Å². The predicted molar refractivity (Wildman–Crippen MR) is 49.1 cm³/mol. The van der Waals surface area contributed by atoms with Crippen molar-refractivity contribution in [2.75, 3.05) is 0 Å². The molecule has 82 valence electrons. The Morgan fingerprint density at radius 3 is 2.73 bits per heavy atom. The van der Waals surface area contributed by atoms with Crippen molar-refractivity contribution >= 4 is 6.29 Å². The summed E-state index contributed by atoms with van der Waals surface area (Å²) < 4.78 is 27.7. The number of rotatable bonds is 5. The van der Waals surface area contributed by atoms with Gasteiger partial charge in [-0.3, -0.25) is 0 Å². The van der Waals surface area contributed by atoms with Crippen LogP contribution in [0.1, 0.15) is 12.0 Å². The zero-order valence-corrected chi connectivity index (χ0v) is 7.82. The normalized spacial score (nSPS) is 10.3. The molecule has 0 fully saturated rings. The first-order valence-electron chi connectivity index (χ1n) is 4.34. The average Bonchev–Trinajstić information content (AvgIpc) is 2.15. The van der Waals surface area contributed by atoms with Gasteiger partial charge in [0, 0.05) is 12.5 Å². The Hall–Kier alpha value is -1.65. The fraction of sp³-hybridized carbons (Fsp3) is 0.300. The van der Waals surface area contributed by atoms with E-state index < -0.39 is 6.61 Å². The lowest BCUT2D eigenvalue weighted by atomic mass is 10.1. The zero-order valence-electron chi connectivity index (χ0n) is 7.82. The first-order valence-corrected chi connectivity index (χ1v) is 4.34. The highest BCUT2D eigenvalue weighted by Gasteiger charge is 2.07. The third-order valence-electron chi connectivity index (χ3n) is 1.81. The Morgan fingerprint density at radius 1 is 1.47 bits per heavy atom. The van der Waals surface area contributed by atoms with Gasteiger partial charge in [-0.1, -0.05) is 6.07 Å². The van der Waals surface area contributed by atoms with Crippen LogP contribution in [0.2, 0.25) is 0 Å². The van der Waals surface area contributed by atoms with Crippen LogP contribution in [-0.4, -0.2) is 18.0 Å². The molecule has 0 radical (unpaired) electrons. The molecule has 0 saturated carbocycles. The Bertz CT molecular complexity index is 339. The van der Waals surface area contributed by atoms with Gasteiger partial charge >= 0.3 is 6.61 Å². The molecule has 0 aliphatic heterocycles. The molecule has 0 aliphatic carbocycles. The molecule has 5 heteroatoms. The lowest BCUT2D eigenvalue weighted by Gasteiger charge is -2.07. The molecular formula is C10H10F2O3. The predicted octanol–water partition coefficient (Wildman–Crippen LogP) is 2.13. The van der Waals surface area contributed by atoms with Crippen LogP contribution >= 0.6 is 0 Å². The van der Waals surface area contributed by atoms with Crippen LogP contribution in [0.4, 0.5) is 8.78 Å². The number of hydrogen-bond donors (Lipinski definition) is 1. The largest absolute Gasteiger partial charge is 0.508 e. The molecule has 0 aliphatic rings. The molecule has 0 saturated heterocycles. The van der Waals surface area contributed by atoms with Crippen molar-refractivity contribution < 1.29 is 23.4 Å². The van der Waals surface area contributed by atoms with E-state index in [1.807, 2.05) is 0 Å². The number of ether oxygens (including phenoxy) is 1. The summed E-state index contributed by atoms with van der Waals surface area (Å²) >= 11 is 0. The second-order valence-corrected chi connectivity index (χ2v) is 2.87. The van der Waals surface area contributed by atoms with Crippen LogP contribution in [0.15, 0.2) is 18.2 Å². The molecule has 3 nitrogen and oxygen atoms in total. The molecule has 0 atom stereocenters. The van der Waals surface area contributed by atoms with Gasteiger partial charge in [-0.15, -0.1) is 0 Å². The van der Waals surface area contributed by atoms with Crippen LogP contribution in [0.25, 0.3) is 0 Å². The molecule has 0 aromatic heterocycles. The Labute approximate surface area is 85.3 Å². The van der Waals surface area contributed by atoms with Crippen molar-refractivity contribution in [2.24, 2.45) is 0 Å². The van der Waals surface area contributed by atoms with E-state index in [2.05, 4.69) is 4.74 Å². The first-order chi connectivity index (χ1) is 7.13. The van der Waals surface area contributed by atoms with Crippen LogP contribution in [-0.2, 0) is 11.2 Å². The fourth-order valence-electron chi connectivity index (χ4n) is 1.15. The van der Waals surface area contributed by atoms with E-state index in [0.29, 0.717) is 12.0 Å². The van der Waals surface area contributed by atoms with Crippen molar-refractivity contribution in [2.45, 2.75) is 19.5 Å². The summed E-state index contributed by atoms with van der Waals surface area (Å²) in [5.74, 6) is -0.243. The first kappa shape index (κ1) is 11.4. The number of aldehydes is 1. The molecule has 1 aromatic rings. The van der Waals surface area contributed by atoms with E-state index in [0.717, 1.165) is 12.4 Å². The SMILES string of the molecule is O=CCCc1ccc(OC(F)F)cc1O. The van der Waals surface area contributed by atoms with Gasteiger partial charge in [0.05, 0.1) is 0 Å². The van der Waals surface area contributed by atoms with E-state index in [4.69, 9.17) is 0 Å². The number of benzene rings is 1. The highest BCUT2D eigenvalue weighted by Crippen LogP contribution is 2.25. The summed E-state index contributed by atoms with van der Waals surface area (Å²) in [5, 5.41) is 9.39.